The quantitative estimate of drug-likeness (QED) is 0.329. The van der Waals surface area contributed by atoms with Gasteiger partial charge in [0.05, 0.1) is 25.5 Å². The summed E-state index contributed by atoms with van der Waals surface area (Å²) in [6.07, 6.45) is 4.84. The number of esters is 2. The average Bonchev–Trinajstić information content (AvgIpc) is 2.95. The Kier molecular flexibility index (Phi) is 7.10. The normalized spacial score (nSPS) is 10.2. The van der Waals surface area contributed by atoms with Crippen LogP contribution in [-0.2, 0) is 25.6 Å². The van der Waals surface area contributed by atoms with Gasteiger partial charge in [0.1, 0.15) is 5.82 Å². The largest absolute Gasteiger partial charge is 0.462 e. The van der Waals surface area contributed by atoms with Crippen LogP contribution < -0.4 is 5.32 Å². The van der Waals surface area contributed by atoms with Crippen molar-refractivity contribution in [3.8, 4) is 0 Å². The Bertz CT molecular complexity index is 822. The van der Waals surface area contributed by atoms with Crippen LogP contribution in [0.15, 0.2) is 36.3 Å². The Labute approximate surface area is 158 Å². The molecule has 0 spiro atoms. The van der Waals surface area contributed by atoms with Crippen molar-refractivity contribution in [1.82, 2.24) is 14.8 Å². The van der Waals surface area contributed by atoms with Crippen LogP contribution in [0.2, 0.25) is 0 Å². The van der Waals surface area contributed by atoms with Crippen molar-refractivity contribution >= 4 is 17.8 Å². The van der Waals surface area contributed by atoms with Gasteiger partial charge < -0.3 is 14.8 Å². The van der Waals surface area contributed by atoms with E-state index < -0.39 is 11.9 Å². The Balaban J connectivity index is 2.25. The first-order chi connectivity index (χ1) is 12.9. The van der Waals surface area contributed by atoms with Gasteiger partial charge >= 0.3 is 11.9 Å². The monoisotopic (exact) mass is 372 g/mol. The Hall–Kier alpha value is -3.16. The van der Waals surface area contributed by atoms with Crippen molar-refractivity contribution in [2.45, 2.75) is 34.2 Å². The highest BCUT2D eigenvalue weighted by Gasteiger charge is 2.21. The molecule has 27 heavy (non-hydrogen) atoms. The van der Waals surface area contributed by atoms with E-state index in [0.29, 0.717) is 12.4 Å². The van der Waals surface area contributed by atoms with Crippen molar-refractivity contribution in [3.05, 3.63) is 53.1 Å². The smallest absolute Gasteiger partial charge is 0.347 e. The van der Waals surface area contributed by atoms with Gasteiger partial charge in [-0.2, -0.15) is 5.10 Å². The lowest BCUT2D eigenvalue weighted by Crippen LogP contribution is -2.20. The minimum Gasteiger partial charge on any atom is -0.462 e. The van der Waals surface area contributed by atoms with Crippen LogP contribution in [0, 0.1) is 13.8 Å². The van der Waals surface area contributed by atoms with Crippen molar-refractivity contribution < 1.29 is 19.1 Å². The molecule has 8 heteroatoms. The van der Waals surface area contributed by atoms with E-state index >= 15 is 0 Å². The van der Waals surface area contributed by atoms with E-state index in [1.165, 1.54) is 6.20 Å². The maximum Gasteiger partial charge on any atom is 0.347 e. The summed E-state index contributed by atoms with van der Waals surface area (Å²) < 4.78 is 11.6. The number of anilines is 1. The van der Waals surface area contributed by atoms with E-state index in [2.05, 4.69) is 15.4 Å². The molecule has 2 rings (SSSR count). The molecule has 0 bridgehead atoms. The van der Waals surface area contributed by atoms with Gasteiger partial charge in [-0.05, 0) is 38.8 Å². The highest BCUT2D eigenvalue weighted by molar-refractivity contribution is 6.14. The molecule has 0 aliphatic heterocycles. The van der Waals surface area contributed by atoms with Gasteiger partial charge in [-0.1, -0.05) is 6.07 Å². The first-order valence-electron chi connectivity index (χ1n) is 8.70. The molecule has 0 saturated carbocycles. The fraction of sp³-hybridized carbons (Fsp3) is 0.368. The molecular weight excluding hydrogens is 348 g/mol. The van der Waals surface area contributed by atoms with E-state index in [1.54, 1.807) is 30.9 Å². The number of carbonyl (C=O) groups is 2. The molecule has 2 heterocycles. The fourth-order valence-corrected chi connectivity index (χ4v) is 2.42. The molecule has 0 unspecified atom stereocenters. The second kappa shape index (κ2) is 9.51. The Morgan fingerprint density at radius 3 is 2.37 bits per heavy atom. The fourth-order valence-electron chi connectivity index (χ4n) is 2.42. The van der Waals surface area contributed by atoms with E-state index in [4.69, 9.17) is 9.47 Å². The van der Waals surface area contributed by atoms with Gasteiger partial charge in [-0.15, -0.1) is 0 Å². The van der Waals surface area contributed by atoms with Crippen LogP contribution in [-0.4, -0.2) is 39.9 Å². The zero-order valence-electron chi connectivity index (χ0n) is 16.0. The predicted octanol–water partition coefficient (Wildman–Crippen LogP) is 2.37. The number of ether oxygens (including phenoxy) is 2. The summed E-state index contributed by atoms with van der Waals surface area (Å²) in [4.78, 5) is 28.3. The summed E-state index contributed by atoms with van der Waals surface area (Å²) in [5, 5.41) is 7.40. The zero-order chi connectivity index (χ0) is 19.8. The maximum atomic E-state index is 12.0. The van der Waals surface area contributed by atoms with Crippen LogP contribution in [0.5, 0.6) is 0 Å². The molecule has 0 aromatic carbocycles. The lowest BCUT2D eigenvalue weighted by atomic mass is 10.2. The van der Waals surface area contributed by atoms with Crippen LogP contribution in [0.1, 0.15) is 30.7 Å². The molecule has 0 aliphatic carbocycles. The second-order valence-corrected chi connectivity index (χ2v) is 5.84. The first-order valence-corrected chi connectivity index (χ1v) is 8.70. The SMILES string of the molecule is CCOC(=O)C(=CNc1cc(C)nn1Cc1cncc(C)c1)C(=O)OCC. The van der Waals surface area contributed by atoms with E-state index in [9.17, 15) is 9.59 Å². The molecule has 1 N–H and O–H groups in total. The van der Waals surface area contributed by atoms with Crippen LogP contribution in [0.25, 0.3) is 0 Å². The number of aromatic nitrogens is 3. The molecule has 0 fully saturated rings. The van der Waals surface area contributed by atoms with Crippen molar-refractivity contribution in [3.63, 3.8) is 0 Å². The maximum absolute atomic E-state index is 12.0. The molecule has 0 radical (unpaired) electrons. The number of nitrogens with one attached hydrogen (secondary N) is 1. The third-order valence-electron chi connectivity index (χ3n) is 3.52. The number of hydrogen-bond acceptors (Lipinski definition) is 7. The van der Waals surface area contributed by atoms with Gasteiger partial charge in [0.25, 0.3) is 0 Å². The Morgan fingerprint density at radius 1 is 1.11 bits per heavy atom. The van der Waals surface area contributed by atoms with Crippen LogP contribution in [0.3, 0.4) is 0 Å². The number of hydrogen-bond donors (Lipinski definition) is 1. The molecule has 8 nitrogen and oxygen atoms in total. The summed E-state index contributed by atoms with van der Waals surface area (Å²) in [5.74, 6) is -0.858. The second-order valence-electron chi connectivity index (χ2n) is 5.84. The summed E-state index contributed by atoms with van der Waals surface area (Å²) >= 11 is 0. The van der Waals surface area contributed by atoms with Crippen LogP contribution in [0.4, 0.5) is 5.82 Å². The topological polar surface area (TPSA) is 95.3 Å². The minimum atomic E-state index is -0.742. The number of aryl methyl sites for hydroxylation is 2. The summed E-state index contributed by atoms with van der Waals surface area (Å²) in [6, 6.07) is 3.83. The molecular formula is C19H24N4O4. The average molecular weight is 372 g/mol. The molecule has 0 aliphatic rings. The highest BCUT2D eigenvalue weighted by Crippen LogP contribution is 2.14. The van der Waals surface area contributed by atoms with E-state index in [-0.39, 0.29) is 18.8 Å². The van der Waals surface area contributed by atoms with Gasteiger partial charge in [0.15, 0.2) is 5.57 Å². The summed E-state index contributed by atoms with van der Waals surface area (Å²) in [5.41, 5.74) is 2.63. The van der Waals surface area contributed by atoms with Gasteiger partial charge in [0, 0.05) is 24.7 Å². The van der Waals surface area contributed by atoms with Gasteiger partial charge in [-0.25, -0.2) is 14.3 Å². The lowest BCUT2D eigenvalue weighted by molar-refractivity contribution is -0.146. The molecule has 0 atom stereocenters. The van der Waals surface area contributed by atoms with Crippen molar-refractivity contribution in [1.29, 1.82) is 0 Å². The summed E-state index contributed by atoms with van der Waals surface area (Å²) in [7, 11) is 0. The number of rotatable bonds is 8. The molecule has 0 amide bonds. The van der Waals surface area contributed by atoms with E-state index in [0.717, 1.165) is 16.8 Å². The van der Waals surface area contributed by atoms with Crippen molar-refractivity contribution in [2.75, 3.05) is 18.5 Å². The third kappa shape index (κ3) is 5.67. The molecule has 0 saturated heterocycles. The Morgan fingerprint density at radius 2 is 1.78 bits per heavy atom. The molecule has 2 aromatic rings. The minimum absolute atomic E-state index is 0.160. The lowest BCUT2D eigenvalue weighted by Gasteiger charge is -2.10. The zero-order valence-corrected chi connectivity index (χ0v) is 16.0. The van der Waals surface area contributed by atoms with E-state index in [1.807, 2.05) is 26.0 Å². The third-order valence-corrected chi connectivity index (χ3v) is 3.52. The van der Waals surface area contributed by atoms with Crippen molar-refractivity contribution in [2.24, 2.45) is 0 Å². The standard InChI is InChI=1S/C19H24N4O4/c1-5-26-18(24)16(19(25)27-6-2)11-21-17-8-14(4)22-23(17)12-15-7-13(3)9-20-10-15/h7-11,21H,5-6,12H2,1-4H3. The molecule has 144 valence electrons. The highest BCUT2D eigenvalue weighted by atomic mass is 16.6. The number of carbonyl (C=O) groups excluding carboxylic acids is 2. The molecule has 2 aromatic heterocycles. The number of pyridine rings is 1. The number of nitrogens with zero attached hydrogens (tertiary/aromatic N) is 3. The summed E-state index contributed by atoms with van der Waals surface area (Å²) in [6.45, 7) is 7.98. The van der Waals surface area contributed by atoms with Crippen LogP contribution >= 0.6 is 0 Å². The van der Waals surface area contributed by atoms with Gasteiger partial charge in [0.2, 0.25) is 0 Å². The predicted molar refractivity (Wildman–Crippen MR) is 100 cm³/mol. The first kappa shape index (κ1) is 20.2. The van der Waals surface area contributed by atoms with Gasteiger partial charge in [-0.3, -0.25) is 4.98 Å².